The zero-order valence-electron chi connectivity index (χ0n) is 9.85. The molecular weight excluding hydrogens is 214 g/mol. The molecule has 0 atom stereocenters. The Bertz CT molecular complexity index is 414. The highest BCUT2D eigenvalue weighted by Crippen LogP contribution is 2.23. The third-order valence-corrected chi connectivity index (χ3v) is 2.79. The summed E-state index contributed by atoms with van der Waals surface area (Å²) < 4.78 is 5.84. The number of rotatable bonds is 3. The number of hydrogen-bond donors (Lipinski definition) is 1. The van der Waals surface area contributed by atoms with Gasteiger partial charge in [-0.1, -0.05) is 11.8 Å². The van der Waals surface area contributed by atoms with E-state index in [0.717, 1.165) is 24.2 Å². The first-order chi connectivity index (χ1) is 8.38. The van der Waals surface area contributed by atoms with Gasteiger partial charge < -0.3 is 9.84 Å². The molecule has 0 aromatic carbocycles. The van der Waals surface area contributed by atoms with Crippen LogP contribution in [0.3, 0.4) is 0 Å². The van der Waals surface area contributed by atoms with Gasteiger partial charge in [0, 0.05) is 18.2 Å². The van der Waals surface area contributed by atoms with Crippen LogP contribution in [0.1, 0.15) is 37.7 Å². The molecular formula is C14H17NO2. The maximum absolute atomic E-state index is 8.65. The quantitative estimate of drug-likeness (QED) is 0.810. The molecule has 0 spiro atoms. The number of pyridine rings is 1. The van der Waals surface area contributed by atoms with Gasteiger partial charge in [0.1, 0.15) is 5.75 Å². The molecule has 90 valence electrons. The third kappa shape index (κ3) is 3.76. The van der Waals surface area contributed by atoms with E-state index in [0.29, 0.717) is 12.5 Å². The minimum atomic E-state index is 0.0959. The van der Waals surface area contributed by atoms with Gasteiger partial charge in [0.15, 0.2) is 0 Å². The van der Waals surface area contributed by atoms with E-state index in [1.54, 1.807) is 12.4 Å². The van der Waals surface area contributed by atoms with Crippen LogP contribution >= 0.6 is 0 Å². The monoisotopic (exact) mass is 231 g/mol. The Morgan fingerprint density at radius 2 is 2.18 bits per heavy atom. The summed E-state index contributed by atoms with van der Waals surface area (Å²) in [6.07, 6.45) is 9.08. The molecule has 0 bridgehead atoms. The largest absolute Gasteiger partial charge is 0.489 e. The summed E-state index contributed by atoms with van der Waals surface area (Å²) in [5, 5.41) is 8.65. The highest BCUT2D eigenvalue weighted by atomic mass is 16.5. The number of aliphatic hydroxyl groups excluding tert-OH is 1. The van der Waals surface area contributed by atoms with Crippen LogP contribution < -0.4 is 4.74 Å². The number of aromatic nitrogens is 1. The second-order valence-corrected chi connectivity index (χ2v) is 4.21. The summed E-state index contributed by atoms with van der Waals surface area (Å²) in [4.78, 5) is 4.12. The van der Waals surface area contributed by atoms with Crippen molar-refractivity contribution >= 4 is 0 Å². The van der Waals surface area contributed by atoms with Crippen LogP contribution in [0.25, 0.3) is 0 Å². The van der Waals surface area contributed by atoms with Crippen molar-refractivity contribution in [1.82, 2.24) is 4.98 Å². The van der Waals surface area contributed by atoms with Crippen LogP contribution in [0.2, 0.25) is 0 Å². The summed E-state index contributed by atoms with van der Waals surface area (Å²) >= 11 is 0. The lowest BCUT2D eigenvalue weighted by Crippen LogP contribution is -2.10. The topological polar surface area (TPSA) is 42.4 Å². The van der Waals surface area contributed by atoms with E-state index < -0.39 is 0 Å². The van der Waals surface area contributed by atoms with E-state index in [9.17, 15) is 0 Å². The maximum atomic E-state index is 8.65. The van der Waals surface area contributed by atoms with Crippen molar-refractivity contribution < 1.29 is 9.84 Å². The normalized spacial score (nSPS) is 15.4. The fourth-order valence-corrected chi connectivity index (χ4v) is 1.97. The number of ether oxygens (including phenoxy) is 1. The Balaban J connectivity index is 1.98. The molecule has 17 heavy (non-hydrogen) atoms. The predicted octanol–water partition coefficient (Wildman–Crippen LogP) is 2.14. The van der Waals surface area contributed by atoms with E-state index in [2.05, 4.69) is 16.8 Å². The number of aliphatic hydroxyl groups is 1. The average molecular weight is 231 g/mol. The lowest BCUT2D eigenvalue weighted by Gasteiger charge is -2.12. The average Bonchev–Trinajstić information content (AvgIpc) is 2.83. The van der Waals surface area contributed by atoms with E-state index in [1.807, 2.05) is 6.07 Å². The molecule has 0 amide bonds. The van der Waals surface area contributed by atoms with E-state index in [-0.39, 0.29) is 6.61 Å². The Labute approximate surface area is 102 Å². The smallest absolute Gasteiger partial charge is 0.139 e. The van der Waals surface area contributed by atoms with Crippen LogP contribution in [0, 0.1) is 11.8 Å². The lowest BCUT2D eigenvalue weighted by atomic mass is 10.2. The molecule has 2 rings (SSSR count). The highest BCUT2D eigenvalue weighted by molar-refractivity contribution is 5.36. The zero-order chi connectivity index (χ0) is 11.9. The molecule has 1 aliphatic carbocycles. The molecule has 1 aliphatic rings. The van der Waals surface area contributed by atoms with E-state index >= 15 is 0 Å². The fraction of sp³-hybridized carbons (Fsp3) is 0.500. The zero-order valence-corrected chi connectivity index (χ0v) is 9.85. The molecule has 0 aliphatic heterocycles. The molecule has 1 fully saturated rings. The lowest BCUT2D eigenvalue weighted by molar-refractivity contribution is 0.209. The molecule has 0 radical (unpaired) electrons. The van der Waals surface area contributed by atoms with Crippen molar-refractivity contribution in [3.63, 3.8) is 0 Å². The van der Waals surface area contributed by atoms with Crippen molar-refractivity contribution in [2.75, 3.05) is 6.61 Å². The van der Waals surface area contributed by atoms with E-state index in [1.165, 1.54) is 12.8 Å². The number of hydrogen-bond acceptors (Lipinski definition) is 3. The van der Waals surface area contributed by atoms with Crippen LogP contribution in [-0.2, 0) is 0 Å². The van der Waals surface area contributed by atoms with Crippen molar-refractivity contribution in [2.24, 2.45) is 0 Å². The Hall–Kier alpha value is -1.53. The fourth-order valence-electron chi connectivity index (χ4n) is 1.97. The summed E-state index contributed by atoms with van der Waals surface area (Å²) in [5.41, 5.74) is 0.842. The maximum Gasteiger partial charge on any atom is 0.139 e. The van der Waals surface area contributed by atoms with Gasteiger partial charge in [-0.15, -0.1) is 0 Å². The summed E-state index contributed by atoms with van der Waals surface area (Å²) in [7, 11) is 0. The molecule has 1 heterocycles. The van der Waals surface area contributed by atoms with Crippen LogP contribution in [-0.4, -0.2) is 22.8 Å². The third-order valence-electron chi connectivity index (χ3n) is 2.79. The van der Waals surface area contributed by atoms with Gasteiger partial charge in [-0.05, 0) is 31.7 Å². The van der Waals surface area contributed by atoms with Gasteiger partial charge in [0.25, 0.3) is 0 Å². The Morgan fingerprint density at radius 1 is 1.35 bits per heavy atom. The first-order valence-electron chi connectivity index (χ1n) is 6.10. The second-order valence-electron chi connectivity index (χ2n) is 4.21. The molecule has 1 saturated carbocycles. The molecule has 0 saturated heterocycles. The van der Waals surface area contributed by atoms with Crippen LogP contribution in [0.15, 0.2) is 18.5 Å². The second kappa shape index (κ2) is 6.27. The van der Waals surface area contributed by atoms with Gasteiger partial charge >= 0.3 is 0 Å². The standard InChI is InChI=1S/C14H17NO2/c16-8-4-3-5-12-9-14(11-15-10-12)17-13-6-1-2-7-13/h9-11,13,16H,1-2,4,6-8H2. The Morgan fingerprint density at radius 3 is 2.94 bits per heavy atom. The highest BCUT2D eigenvalue weighted by Gasteiger charge is 2.16. The van der Waals surface area contributed by atoms with Gasteiger partial charge in [0.05, 0.1) is 18.9 Å². The summed E-state index contributed by atoms with van der Waals surface area (Å²) in [6, 6.07) is 1.91. The summed E-state index contributed by atoms with van der Waals surface area (Å²) in [5.74, 6) is 6.63. The molecule has 1 aromatic rings. The minimum absolute atomic E-state index is 0.0959. The van der Waals surface area contributed by atoms with Gasteiger partial charge in [-0.3, -0.25) is 4.98 Å². The summed E-state index contributed by atoms with van der Waals surface area (Å²) in [6.45, 7) is 0.0959. The minimum Gasteiger partial charge on any atom is -0.489 e. The predicted molar refractivity (Wildman–Crippen MR) is 65.7 cm³/mol. The van der Waals surface area contributed by atoms with Gasteiger partial charge in [-0.2, -0.15) is 0 Å². The van der Waals surface area contributed by atoms with Crippen LogP contribution in [0.5, 0.6) is 5.75 Å². The molecule has 1 N–H and O–H groups in total. The molecule has 0 unspecified atom stereocenters. The van der Waals surface area contributed by atoms with Gasteiger partial charge in [-0.25, -0.2) is 0 Å². The first-order valence-corrected chi connectivity index (χ1v) is 6.10. The van der Waals surface area contributed by atoms with Gasteiger partial charge in [0.2, 0.25) is 0 Å². The number of nitrogens with zero attached hydrogens (tertiary/aromatic N) is 1. The first kappa shape index (κ1) is 11.9. The van der Waals surface area contributed by atoms with Crippen molar-refractivity contribution in [3.8, 4) is 17.6 Å². The SMILES string of the molecule is OCCC#Cc1cncc(OC2CCCC2)c1. The van der Waals surface area contributed by atoms with Crippen molar-refractivity contribution in [3.05, 3.63) is 24.0 Å². The van der Waals surface area contributed by atoms with E-state index in [4.69, 9.17) is 9.84 Å². The molecule has 3 nitrogen and oxygen atoms in total. The van der Waals surface area contributed by atoms with Crippen LogP contribution in [0.4, 0.5) is 0 Å². The molecule has 1 aromatic heterocycles. The molecule has 3 heteroatoms. The Kier molecular flexibility index (Phi) is 4.40. The van der Waals surface area contributed by atoms with Crippen molar-refractivity contribution in [2.45, 2.75) is 38.2 Å². The van der Waals surface area contributed by atoms with Crippen molar-refractivity contribution in [1.29, 1.82) is 0 Å².